The lowest BCUT2D eigenvalue weighted by molar-refractivity contribution is 0.0980. The molecule has 0 unspecified atom stereocenters. The minimum atomic E-state index is -4.20. The van der Waals surface area contributed by atoms with Gasteiger partial charge in [-0.1, -0.05) is 24.3 Å². The van der Waals surface area contributed by atoms with E-state index in [1.165, 1.54) is 36.4 Å². The molecular formula is C18H15N3O7S2. The molecule has 0 fully saturated rings. The summed E-state index contributed by atoms with van der Waals surface area (Å²) in [6.07, 6.45) is 1.03. The average Bonchev–Trinajstić information content (AvgIpc) is 2.64. The number of primary amides is 1. The number of ketones is 2. The summed E-state index contributed by atoms with van der Waals surface area (Å²) in [5.41, 5.74) is 5.08. The van der Waals surface area contributed by atoms with Crippen LogP contribution < -0.4 is 15.6 Å². The molecule has 10 nitrogen and oxygen atoms in total. The third-order valence-electron chi connectivity index (χ3n) is 4.28. The Bertz CT molecular complexity index is 1330. The molecule has 0 heterocycles. The van der Waals surface area contributed by atoms with E-state index in [0.717, 1.165) is 12.1 Å². The van der Waals surface area contributed by atoms with Crippen molar-refractivity contribution in [1.29, 1.82) is 0 Å². The summed E-state index contributed by atoms with van der Waals surface area (Å²) in [6.45, 7) is 0. The minimum absolute atomic E-state index is 0.00675. The number of urea groups is 1. The Morgan fingerprint density at radius 1 is 0.967 bits per heavy atom. The highest BCUT2D eigenvalue weighted by Crippen LogP contribution is 2.28. The molecule has 3 rings (SSSR count). The molecule has 0 bridgehead atoms. The van der Waals surface area contributed by atoms with Crippen molar-refractivity contribution < 1.29 is 31.2 Å². The van der Waals surface area contributed by atoms with E-state index in [-0.39, 0.29) is 28.0 Å². The van der Waals surface area contributed by atoms with Gasteiger partial charge < -0.3 is 5.73 Å². The first-order chi connectivity index (χ1) is 13.9. The highest BCUT2D eigenvalue weighted by molar-refractivity contribution is 7.90. The zero-order valence-corrected chi connectivity index (χ0v) is 16.8. The lowest BCUT2D eigenvalue weighted by Gasteiger charge is -2.17. The van der Waals surface area contributed by atoms with Gasteiger partial charge in [0.05, 0.1) is 15.4 Å². The van der Waals surface area contributed by atoms with Gasteiger partial charge in [-0.15, -0.1) is 0 Å². The van der Waals surface area contributed by atoms with Gasteiger partial charge in [0.25, 0.3) is 10.0 Å². The van der Waals surface area contributed by atoms with Crippen LogP contribution in [0.5, 0.6) is 0 Å². The third kappa shape index (κ3) is 4.15. The van der Waals surface area contributed by atoms with E-state index in [9.17, 15) is 31.2 Å². The van der Waals surface area contributed by atoms with Crippen molar-refractivity contribution in [2.24, 2.45) is 10.9 Å². The number of benzene rings is 2. The number of nitrogens with one attached hydrogen (secondary N) is 1. The van der Waals surface area contributed by atoms with E-state index >= 15 is 0 Å². The monoisotopic (exact) mass is 449 g/mol. The van der Waals surface area contributed by atoms with Crippen LogP contribution in [0.1, 0.15) is 26.3 Å². The van der Waals surface area contributed by atoms with Gasteiger partial charge in [-0.3, -0.25) is 9.59 Å². The molecule has 0 spiro atoms. The van der Waals surface area contributed by atoms with E-state index < -0.39 is 42.5 Å². The SMILES string of the molecule is NC(=O)NS(=O)(=O)c1ccc(CC2=CC(=O)c3c(cccc3S(N)(=O)=O)C2=O)cc1. The molecule has 2 aromatic carbocycles. The number of carbonyl (C=O) groups is 3. The van der Waals surface area contributed by atoms with Gasteiger partial charge in [0.2, 0.25) is 10.0 Å². The Morgan fingerprint density at radius 3 is 2.17 bits per heavy atom. The number of primary sulfonamides is 1. The maximum absolute atomic E-state index is 12.8. The van der Waals surface area contributed by atoms with Crippen LogP contribution in [0.4, 0.5) is 4.79 Å². The maximum Gasteiger partial charge on any atom is 0.326 e. The Balaban J connectivity index is 1.91. The Kier molecular flexibility index (Phi) is 5.33. The number of rotatable bonds is 5. The van der Waals surface area contributed by atoms with Gasteiger partial charge >= 0.3 is 6.03 Å². The van der Waals surface area contributed by atoms with Gasteiger partial charge in [-0.25, -0.2) is 31.5 Å². The number of fused-ring (bicyclic) bond motifs is 1. The first-order valence-electron chi connectivity index (χ1n) is 8.27. The highest BCUT2D eigenvalue weighted by atomic mass is 32.2. The smallest absolute Gasteiger partial charge is 0.326 e. The van der Waals surface area contributed by atoms with Crippen molar-refractivity contribution in [1.82, 2.24) is 4.72 Å². The molecule has 0 atom stereocenters. The molecule has 0 aliphatic heterocycles. The summed E-state index contributed by atoms with van der Waals surface area (Å²) in [6, 6.07) is 7.81. The average molecular weight is 449 g/mol. The standard InChI is InChI=1S/C18H15N3O7S2/c19-18(24)21-30(27,28)12-6-4-10(5-7-12)8-11-9-14(22)16-13(17(11)23)2-1-3-15(16)29(20,25)26/h1-7,9H,8H2,(H3,19,21,24)(H2,20,25,26). The molecule has 5 N–H and O–H groups in total. The number of nitrogens with two attached hydrogens (primary N) is 2. The Labute approximate surface area is 171 Å². The van der Waals surface area contributed by atoms with Crippen LogP contribution in [0.25, 0.3) is 0 Å². The van der Waals surface area contributed by atoms with Crippen LogP contribution in [-0.2, 0) is 26.5 Å². The van der Waals surface area contributed by atoms with E-state index in [1.54, 1.807) is 4.72 Å². The molecule has 0 aromatic heterocycles. The van der Waals surface area contributed by atoms with Crippen LogP contribution in [0.2, 0.25) is 0 Å². The van der Waals surface area contributed by atoms with Gasteiger partial charge in [0, 0.05) is 17.6 Å². The summed E-state index contributed by atoms with van der Waals surface area (Å²) >= 11 is 0. The highest BCUT2D eigenvalue weighted by Gasteiger charge is 2.30. The van der Waals surface area contributed by atoms with E-state index in [4.69, 9.17) is 10.9 Å². The zero-order chi connectivity index (χ0) is 22.3. The fraction of sp³-hybridized carbons (Fsp3) is 0.0556. The lowest BCUT2D eigenvalue weighted by atomic mass is 9.87. The number of amides is 2. The molecule has 0 saturated carbocycles. The zero-order valence-electron chi connectivity index (χ0n) is 15.2. The minimum Gasteiger partial charge on any atom is -0.351 e. The molecule has 2 aromatic rings. The van der Waals surface area contributed by atoms with Crippen molar-refractivity contribution >= 4 is 37.6 Å². The van der Waals surface area contributed by atoms with Crippen molar-refractivity contribution in [2.45, 2.75) is 16.2 Å². The topological polar surface area (TPSA) is 184 Å². The summed E-state index contributed by atoms with van der Waals surface area (Å²) in [5, 5.41) is 5.13. The fourth-order valence-electron chi connectivity index (χ4n) is 3.01. The fourth-order valence-corrected chi connectivity index (χ4v) is 4.65. The van der Waals surface area contributed by atoms with E-state index in [2.05, 4.69) is 0 Å². The largest absolute Gasteiger partial charge is 0.351 e. The van der Waals surface area contributed by atoms with Gasteiger partial charge in [0.1, 0.15) is 0 Å². The maximum atomic E-state index is 12.8. The summed E-state index contributed by atoms with van der Waals surface area (Å²) < 4.78 is 48.9. The van der Waals surface area contributed by atoms with Crippen LogP contribution in [0.15, 0.2) is 63.9 Å². The first-order valence-corrected chi connectivity index (χ1v) is 11.3. The number of carbonyl (C=O) groups excluding carboxylic acids is 3. The second-order valence-electron chi connectivity index (χ2n) is 6.38. The van der Waals surface area contributed by atoms with E-state index in [1.807, 2.05) is 0 Å². The first kappa shape index (κ1) is 21.4. The molecular weight excluding hydrogens is 434 g/mol. The van der Waals surface area contributed by atoms with Crippen molar-refractivity contribution in [3.8, 4) is 0 Å². The predicted molar refractivity (Wildman–Crippen MR) is 105 cm³/mol. The molecule has 0 radical (unpaired) electrons. The molecule has 1 aliphatic rings. The number of allylic oxidation sites excluding steroid dienone is 2. The van der Waals surface area contributed by atoms with E-state index in [0.29, 0.717) is 5.56 Å². The number of hydrogen-bond acceptors (Lipinski definition) is 7. The molecule has 156 valence electrons. The van der Waals surface area contributed by atoms with Gasteiger partial charge in [-0.2, -0.15) is 0 Å². The van der Waals surface area contributed by atoms with Crippen LogP contribution in [0.3, 0.4) is 0 Å². The summed E-state index contributed by atoms with van der Waals surface area (Å²) in [5.74, 6) is -1.21. The van der Waals surface area contributed by atoms with Crippen LogP contribution in [-0.4, -0.2) is 34.4 Å². The molecule has 0 saturated heterocycles. The van der Waals surface area contributed by atoms with Gasteiger partial charge in [0.15, 0.2) is 11.6 Å². The quantitative estimate of drug-likeness (QED) is 0.583. The molecule has 1 aliphatic carbocycles. The van der Waals surface area contributed by atoms with Crippen molar-refractivity contribution in [3.63, 3.8) is 0 Å². The summed E-state index contributed by atoms with van der Waals surface area (Å²) in [7, 11) is -8.32. The molecule has 12 heteroatoms. The summed E-state index contributed by atoms with van der Waals surface area (Å²) in [4.78, 5) is 35.4. The third-order valence-corrected chi connectivity index (χ3v) is 6.60. The van der Waals surface area contributed by atoms with Crippen molar-refractivity contribution in [2.75, 3.05) is 0 Å². The second-order valence-corrected chi connectivity index (χ2v) is 9.59. The number of hydrogen-bond donors (Lipinski definition) is 3. The number of Topliss-reactive ketones (excluding diaryl/α,β-unsaturated/α-hetero) is 1. The number of sulfonamides is 2. The Hall–Kier alpha value is -3.35. The predicted octanol–water partition coefficient (Wildman–Crippen LogP) is 0.239. The lowest BCUT2D eigenvalue weighted by Crippen LogP contribution is -2.34. The molecule has 2 amide bonds. The van der Waals surface area contributed by atoms with Crippen LogP contribution in [0, 0.1) is 0 Å². The second kappa shape index (κ2) is 7.48. The Morgan fingerprint density at radius 2 is 1.60 bits per heavy atom. The van der Waals surface area contributed by atoms with Crippen molar-refractivity contribution in [3.05, 3.63) is 70.8 Å². The normalized spacial score (nSPS) is 14.1. The van der Waals surface area contributed by atoms with Gasteiger partial charge in [-0.05, 0) is 29.8 Å². The molecule has 30 heavy (non-hydrogen) atoms. The van der Waals surface area contributed by atoms with Crippen LogP contribution >= 0.6 is 0 Å².